The van der Waals surface area contributed by atoms with Gasteiger partial charge in [0.25, 0.3) is 0 Å². The number of piperazine rings is 1. The smallest absolute Gasteiger partial charge is 0.212 e. The van der Waals surface area contributed by atoms with Crippen LogP contribution in [0.5, 0.6) is 0 Å². The minimum absolute atomic E-state index is 0.0392. The van der Waals surface area contributed by atoms with E-state index in [0.29, 0.717) is 19.7 Å². The largest absolute Gasteiger partial charge is 0.374 e. The van der Waals surface area contributed by atoms with E-state index in [-0.39, 0.29) is 11.9 Å². The molecule has 2 heterocycles. The summed E-state index contributed by atoms with van der Waals surface area (Å²) >= 11 is 0. The summed E-state index contributed by atoms with van der Waals surface area (Å²) in [5.41, 5.74) is 0. The molecular weight excluding hydrogens is 280 g/mol. The topological polar surface area (TPSA) is 73.9 Å². The highest BCUT2D eigenvalue weighted by molar-refractivity contribution is 7.89. The van der Waals surface area contributed by atoms with Crippen LogP contribution in [-0.2, 0) is 14.8 Å². The number of sulfonamides is 1. The monoisotopic (exact) mass is 306 g/mol. The van der Waals surface area contributed by atoms with Crippen LogP contribution in [0.3, 0.4) is 0 Å². The van der Waals surface area contributed by atoms with Crippen molar-refractivity contribution in [2.24, 2.45) is 0 Å². The molecule has 2 rings (SSSR count). The Morgan fingerprint density at radius 1 is 1.30 bits per heavy atom. The summed E-state index contributed by atoms with van der Waals surface area (Å²) in [7, 11) is -1.19. The van der Waals surface area contributed by atoms with Gasteiger partial charge >= 0.3 is 0 Å². The Kier molecular flexibility index (Phi) is 6.19. The third kappa shape index (κ3) is 5.63. The summed E-state index contributed by atoms with van der Waals surface area (Å²) in [6.45, 7) is 7.05. The van der Waals surface area contributed by atoms with Gasteiger partial charge in [-0.05, 0) is 7.05 Å². The van der Waals surface area contributed by atoms with Crippen LogP contribution in [0.15, 0.2) is 0 Å². The van der Waals surface area contributed by atoms with Gasteiger partial charge in [-0.25, -0.2) is 13.1 Å². The number of nitrogens with one attached hydrogen (secondary N) is 2. The number of ether oxygens (including phenoxy) is 1. The van der Waals surface area contributed by atoms with E-state index in [9.17, 15) is 8.42 Å². The molecule has 2 aliphatic rings. The fraction of sp³-hybridized carbons (Fsp3) is 1.00. The average molecular weight is 306 g/mol. The molecule has 0 aromatic heterocycles. The molecule has 0 radical (unpaired) electrons. The summed E-state index contributed by atoms with van der Waals surface area (Å²) in [6, 6.07) is 0. The zero-order valence-electron chi connectivity index (χ0n) is 12.2. The quantitative estimate of drug-likeness (QED) is 0.600. The fourth-order valence-electron chi connectivity index (χ4n) is 2.47. The molecule has 0 aliphatic carbocycles. The van der Waals surface area contributed by atoms with Gasteiger partial charge < -0.3 is 15.0 Å². The number of morpholine rings is 1. The van der Waals surface area contributed by atoms with Crippen molar-refractivity contribution in [1.29, 1.82) is 0 Å². The van der Waals surface area contributed by atoms with E-state index < -0.39 is 10.0 Å². The molecule has 0 spiro atoms. The molecule has 0 aromatic rings. The molecule has 1 atom stereocenters. The first-order valence-corrected chi connectivity index (χ1v) is 8.91. The van der Waals surface area contributed by atoms with Gasteiger partial charge in [0, 0.05) is 52.4 Å². The van der Waals surface area contributed by atoms with E-state index in [1.165, 1.54) is 0 Å². The van der Waals surface area contributed by atoms with Crippen LogP contribution in [-0.4, -0.2) is 96.1 Å². The second-order valence-electron chi connectivity index (χ2n) is 5.51. The molecule has 0 amide bonds. The first kappa shape index (κ1) is 16.1. The zero-order valence-corrected chi connectivity index (χ0v) is 13.0. The molecule has 0 saturated carbocycles. The molecule has 1 unspecified atom stereocenters. The van der Waals surface area contributed by atoms with E-state index in [1.807, 2.05) is 7.05 Å². The maximum Gasteiger partial charge on any atom is 0.212 e. The Labute approximate surface area is 121 Å². The van der Waals surface area contributed by atoms with E-state index in [1.54, 1.807) is 0 Å². The van der Waals surface area contributed by atoms with Gasteiger partial charge in [-0.15, -0.1) is 0 Å². The van der Waals surface area contributed by atoms with Crippen LogP contribution in [0, 0.1) is 0 Å². The minimum atomic E-state index is -3.21. The molecule has 0 aromatic carbocycles. The van der Waals surface area contributed by atoms with Crippen molar-refractivity contribution in [2.75, 3.05) is 71.8 Å². The van der Waals surface area contributed by atoms with E-state index in [0.717, 1.165) is 39.3 Å². The molecule has 118 valence electrons. The highest BCUT2D eigenvalue weighted by Crippen LogP contribution is 2.02. The molecule has 2 fully saturated rings. The fourth-order valence-corrected chi connectivity index (χ4v) is 3.55. The number of hydrogen-bond donors (Lipinski definition) is 2. The lowest BCUT2D eigenvalue weighted by atomic mass is 10.3. The number of rotatable bonds is 6. The first-order chi connectivity index (χ1) is 9.55. The predicted octanol–water partition coefficient (Wildman–Crippen LogP) is -1.86. The summed E-state index contributed by atoms with van der Waals surface area (Å²) in [5, 5.41) is 3.26. The lowest BCUT2D eigenvalue weighted by molar-refractivity contribution is -0.0156. The lowest BCUT2D eigenvalue weighted by Gasteiger charge is -2.30. The van der Waals surface area contributed by atoms with Crippen LogP contribution >= 0.6 is 0 Å². The maximum atomic E-state index is 12.0. The van der Waals surface area contributed by atoms with Gasteiger partial charge in [0.15, 0.2) is 0 Å². The van der Waals surface area contributed by atoms with Crippen molar-refractivity contribution in [2.45, 2.75) is 6.10 Å². The summed E-state index contributed by atoms with van der Waals surface area (Å²) in [6.07, 6.45) is -0.0392. The third-order valence-corrected chi connectivity index (χ3v) is 5.09. The van der Waals surface area contributed by atoms with Crippen molar-refractivity contribution in [1.82, 2.24) is 19.8 Å². The van der Waals surface area contributed by atoms with Gasteiger partial charge in [0.05, 0.1) is 18.5 Å². The Hall–Kier alpha value is -0.250. The highest BCUT2D eigenvalue weighted by Gasteiger charge is 2.21. The molecule has 2 N–H and O–H groups in total. The zero-order chi connectivity index (χ0) is 14.4. The molecule has 8 heteroatoms. The summed E-state index contributed by atoms with van der Waals surface area (Å²) < 4.78 is 32.2. The van der Waals surface area contributed by atoms with Gasteiger partial charge in [0.1, 0.15) is 0 Å². The van der Waals surface area contributed by atoms with Crippen molar-refractivity contribution in [3.05, 3.63) is 0 Å². The first-order valence-electron chi connectivity index (χ1n) is 7.26. The van der Waals surface area contributed by atoms with Gasteiger partial charge in [0.2, 0.25) is 10.0 Å². The van der Waals surface area contributed by atoms with Crippen LogP contribution in [0.2, 0.25) is 0 Å². The standard InChI is InChI=1S/C12H26N4O3S/c1-15-6-8-19-12(11-15)10-14-20(17,18)9-7-16-4-2-13-3-5-16/h12-14H,2-11H2,1H3. The Morgan fingerprint density at radius 3 is 2.75 bits per heavy atom. The number of hydrogen-bond acceptors (Lipinski definition) is 6. The predicted molar refractivity (Wildman–Crippen MR) is 78.3 cm³/mol. The van der Waals surface area contributed by atoms with Gasteiger partial charge in [-0.3, -0.25) is 4.90 Å². The molecule has 7 nitrogen and oxygen atoms in total. The van der Waals surface area contributed by atoms with Crippen molar-refractivity contribution < 1.29 is 13.2 Å². The Morgan fingerprint density at radius 2 is 2.05 bits per heavy atom. The van der Waals surface area contributed by atoms with Crippen molar-refractivity contribution in [3.8, 4) is 0 Å². The second-order valence-corrected chi connectivity index (χ2v) is 7.44. The van der Waals surface area contributed by atoms with Gasteiger partial charge in [-0.2, -0.15) is 0 Å². The number of likely N-dealkylation sites (N-methyl/N-ethyl adjacent to an activating group) is 1. The summed E-state index contributed by atoms with van der Waals surface area (Å²) in [4.78, 5) is 4.34. The van der Waals surface area contributed by atoms with E-state index in [4.69, 9.17) is 4.74 Å². The normalized spacial score (nSPS) is 26.8. The molecule has 0 bridgehead atoms. The second kappa shape index (κ2) is 7.67. The van der Waals surface area contributed by atoms with Crippen molar-refractivity contribution >= 4 is 10.0 Å². The third-order valence-electron chi connectivity index (χ3n) is 3.76. The van der Waals surface area contributed by atoms with Crippen LogP contribution in [0.25, 0.3) is 0 Å². The molecular formula is C12H26N4O3S. The van der Waals surface area contributed by atoms with Crippen LogP contribution in [0.4, 0.5) is 0 Å². The Balaban J connectivity index is 1.67. The highest BCUT2D eigenvalue weighted by atomic mass is 32.2. The van der Waals surface area contributed by atoms with Gasteiger partial charge in [-0.1, -0.05) is 0 Å². The average Bonchev–Trinajstić information content (AvgIpc) is 2.45. The maximum absolute atomic E-state index is 12.0. The van der Waals surface area contributed by atoms with E-state index in [2.05, 4.69) is 19.8 Å². The van der Waals surface area contributed by atoms with Crippen LogP contribution in [0.1, 0.15) is 0 Å². The SMILES string of the molecule is CN1CCOC(CNS(=O)(=O)CCN2CCNCC2)C1. The molecule has 2 aliphatic heterocycles. The lowest BCUT2D eigenvalue weighted by Crippen LogP contribution is -2.48. The van der Waals surface area contributed by atoms with E-state index >= 15 is 0 Å². The minimum Gasteiger partial charge on any atom is -0.374 e. The number of nitrogens with zero attached hydrogens (tertiary/aromatic N) is 2. The van der Waals surface area contributed by atoms with Crippen molar-refractivity contribution in [3.63, 3.8) is 0 Å². The summed E-state index contributed by atoms with van der Waals surface area (Å²) in [5.74, 6) is 0.162. The molecule has 20 heavy (non-hydrogen) atoms. The van der Waals surface area contributed by atoms with Crippen LogP contribution < -0.4 is 10.0 Å². The Bertz CT molecular complexity index is 384. The molecule has 2 saturated heterocycles.